The first-order valence-corrected chi connectivity index (χ1v) is 35.9. The number of nitrogens with one attached hydrogen (secondary N) is 8. The number of rotatable bonds is 42. The van der Waals surface area contributed by atoms with Crippen LogP contribution < -0.4 is 47.3 Å². The van der Waals surface area contributed by atoms with E-state index in [4.69, 9.17) is 9.84 Å². The maximum absolute atomic E-state index is 14.3. The Morgan fingerprint density at radius 1 is 0.509 bits per heavy atom. The van der Waals surface area contributed by atoms with Crippen LogP contribution in [0, 0.1) is 11.8 Å². The van der Waals surface area contributed by atoms with Gasteiger partial charge in [0, 0.05) is 110 Å². The second-order valence-corrected chi connectivity index (χ2v) is 26.9. The van der Waals surface area contributed by atoms with Crippen molar-refractivity contribution >= 4 is 98.8 Å². The number of carboxylic acids is 6. The topological polar surface area (TPSA) is 462 Å². The van der Waals surface area contributed by atoms with Gasteiger partial charge in [-0.05, 0) is 134 Å². The number of hydrogen-bond donors (Lipinski definition) is 14. The molecule has 1 saturated heterocycles. The van der Waals surface area contributed by atoms with Gasteiger partial charge in [-0.3, -0.25) is 62.8 Å². The number of fused-ring (bicyclic) bond motifs is 2. The summed E-state index contributed by atoms with van der Waals surface area (Å²) in [6.45, 7) is 0.965. The van der Waals surface area contributed by atoms with Crippen molar-refractivity contribution < 1.29 is 102 Å². The van der Waals surface area contributed by atoms with E-state index in [1.54, 1.807) is 26.7 Å². The molecule has 0 bridgehead atoms. The van der Waals surface area contributed by atoms with Crippen molar-refractivity contribution in [2.24, 2.45) is 11.8 Å². The van der Waals surface area contributed by atoms with Crippen molar-refractivity contribution in [3.63, 3.8) is 0 Å². The normalized spacial score (nSPS) is 17.1. The molecule has 0 spiro atoms. The molecule has 6 rings (SSSR count). The van der Waals surface area contributed by atoms with E-state index in [0.29, 0.717) is 63.5 Å². The Morgan fingerprint density at radius 3 is 1.56 bits per heavy atom. The number of methoxy groups -OCH3 is 1. The third-order valence-corrected chi connectivity index (χ3v) is 18.8. The molecule has 14 N–H and O–H groups in total. The molecule has 1 aliphatic heterocycles. The number of carbonyl (C=O) groups is 13. The number of urea groups is 1. The Labute approximate surface area is 613 Å². The molecule has 4 aromatic carbocycles. The van der Waals surface area contributed by atoms with Crippen LogP contribution in [-0.2, 0) is 70.4 Å². The summed E-state index contributed by atoms with van der Waals surface area (Å²) in [5.74, 6) is -10.6. The molecule has 106 heavy (non-hydrogen) atoms. The van der Waals surface area contributed by atoms with Crippen molar-refractivity contribution in [3.8, 4) is 5.75 Å². The van der Waals surface area contributed by atoms with Gasteiger partial charge in [-0.15, -0.1) is 0 Å². The van der Waals surface area contributed by atoms with E-state index < -0.39 is 96.3 Å². The average Bonchev–Trinajstić information content (AvgIpc) is 0.773. The molecule has 580 valence electrons. The highest BCUT2D eigenvalue weighted by Gasteiger charge is 2.33. The van der Waals surface area contributed by atoms with Gasteiger partial charge >= 0.3 is 41.8 Å². The van der Waals surface area contributed by atoms with Gasteiger partial charge < -0.3 is 77.9 Å². The van der Waals surface area contributed by atoms with Crippen LogP contribution in [0.3, 0.4) is 0 Å². The SMILES string of the molecule is COc1ccc(CCCC(=O)NCC(=O)N[C@@H](CCCCNC(=O)CN2CCN(CC(=O)O)CCN(CC(=O)O)CCN(CC(=O)O)CC2)CC(=O)NCC2CCC(C(=O)N[C@@H](Cc3c4ccccc4cc4ccccc34)C(=O)NCCCC[C@H](NC(=O)N[C@@H](C[C@@H](F)C(=O)O)C(=O)O)C(=O)O)CC2)cc1. The number of nitrogens with zero attached hydrogens (tertiary/aromatic N) is 4. The zero-order chi connectivity index (χ0) is 77.1. The smallest absolute Gasteiger partial charge is 0.338 e. The number of carboxylic acid groups (broad SMARTS) is 6. The number of hydrogen-bond acceptors (Lipinski definition) is 18. The molecule has 0 radical (unpaired) electrons. The van der Waals surface area contributed by atoms with Gasteiger partial charge in [0.05, 0.1) is 39.8 Å². The fourth-order valence-electron chi connectivity index (χ4n) is 13.0. The van der Waals surface area contributed by atoms with E-state index in [2.05, 4.69) is 37.2 Å². The van der Waals surface area contributed by atoms with Crippen LogP contribution in [0.4, 0.5) is 9.18 Å². The molecular formula is C73H101FN12O20. The highest BCUT2D eigenvalue weighted by Crippen LogP contribution is 2.32. The molecule has 1 aliphatic carbocycles. The summed E-state index contributed by atoms with van der Waals surface area (Å²) >= 11 is 0. The fourth-order valence-corrected chi connectivity index (χ4v) is 13.0. The van der Waals surface area contributed by atoms with Gasteiger partial charge in [-0.1, -0.05) is 60.7 Å². The summed E-state index contributed by atoms with van der Waals surface area (Å²) in [5, 5.41) is 81.8. The lowest BCUT2D eigenvalue weighted by Gasteiger charge is -2.32. The minimum absolute atomic E-state index is 0.0216. The molecule has 5 atom stereocenters. The monoisotopic (exact) mass is 1480 g/mol. The molecule has 2 aliphatic rings. The Hall–Kier alpha value is -10.1. The van der Waals surface area contributed by atoms with E-state index in [0.717, 1.165) is 32.7 Å². The maximum atomic E-state index is 14.3. The maximum Gasteiger partial charge on any atom is 0.338 e. The largest absolute Gasteiger partial charge is 0.497 e. The minimum Gasteiger partial charge on any atom is -0.497 e. The van der Waals surface area contributed by atoms with E-state index in [1.165, 1.54) is 0 Å². The lowest BCUT2D eigenvalue weighted by atomic mass is 9.81. The molecule has 0 unspecified atom stereocenters. The number of unbranched alkanes of at least 4 members (excludes halogenated alkanes) is 2. The van der Waals surface area contributed by atoms with Gasteiger partial charge in [-0.2, -0.15) is 0 Å². The minimum atomic E-state index is -2.62. The van der Waals surface area contributed by atoms with Gasteiger partial charge in [-0.25, -0.2) is 23.6 Å². The number of ether oxygens (including phenoxy) is 1. The Balaban J connectivity index is 1.03. The van der Waals surface area contributed by atoms with E-state index in [1.807, 2.05) is 84.2 Å². The van der Waals surface area contributed by atoms with Gasteiger partial charge in [0.25, 0.3) is 0 Å². The molecule has 1 saturated carbocycles. The third kappa shape index (κ3) is 30.9. The first-order valence-electron chi connectivity index (χ1n) is 35.9. The highest BCUT2D eigenvalue weighted by molar-refractivity contribution is 6.03. The molecule has 2 fully saturated rings. The fraction of sp³-hybridized carbons (Fsp3) is 0.548. The number of aryl methyl sites for hydroxylation is 1. The number of alkyl halides is 1. The van der Waals surface area contributed by atoms with Crippen LogP contribution >= 0.6 is 0 Å². The van der Waals surface area contributed by atoms with Crippen molar-refractivity contribution in [1.82, 2.24) is 62.1 Å². The summed E-state index contributed by atoms with van der Waals surface area (Å²) in [6, 6.07) is 18.3. The quantitative estimate of drug-likeness (QED) is 0.0223. The van der Waals surface area contributed by atoms with E-state index in [-0.39, 0.29) is 173 Å². The zero-order valence-corrected chi connectivity index (χ0v) is 59.7. The van der Waals surface area contributed by atoms with Crippen molar-refractivity contribution in [2.45, 2.75) is 133 Å². The molecule has 4 aromatic rings. The van der Waals surface area contributed by atoms with Gasteiger partial charge in [0.1, 0.15) is 23.9 Å². The first-order chi connectivity index (χ1) is 50.7. The van der Waals surface area contributed by atoms with Crippen molar-refractivity contribution in [1.29, 1.82) is 0 Å². The number of carbonyl (C=O) groups excluding carboxylic acids is 7. The summed E-state index contributed by atoms with van der Waals surface area (Å²) < 4.78 is 19.0. The Bertz CT molecular complexity index is 3550. The average molecular weight is 1490 g/mol. The van der Waals surface area contributed by atoms with Crippen molar-refractivity contribution in [3.05, 3.63) is 90.0 Å². The van der Waals surface area contributed by atoms with Crippen LogP contribution in [0.15, 0.2) is 78.9 Å². The zero-order valence-electron chi connectivity index (χ0n) is 59.7. The van der Waals surface area contributed by atoms with Crippen LogP contribution in [0.1, 0.15) is 101 Å². The van der Waals surface area contributed by atoms with Crippen LogP contribution in [0.5, 0.6) is 5.75 Å². The molecule has 8 amide bonds. The highest BCUT2D eigenvalue weighted by atomic mass is 19.1. The summed E-state index contributed by atoms with van der Waals surface area (Å²) in [4.78, 5) is 171. The van der Waals surface area contributed by atoms with Gasteiger partial charge in [0.15, 0.2) is 6.17 Å². The van der Waals surface area contributed by atoms with E-state index >= 15 is 0 Å². The molecule has 33 heteroatoms. The van der Waals surface area contributed by atoms with Crippen LogP contribution in [-0.4, -0.2) is 270 Å². The lowest BCUT2D eigenvalue weighted by molar-refractivity contribution is -0.145. The number of benzene rings is 4. The summed E-state index contributed by atoms with van der Waals surface area (Å²) in [7, 11) is 1.57. The lowest BCUT2D eigenvalue weighted by Crippen LogP contribution is -2.52. The first kappa shape index (κ1) is 84.8. The Morgan fingerprint density at radius 2 is 1.03 bits per heavy atom. The third-order valence-electron chi connectivity index (χ3n) is 18.8. The second-order valence-electron chi connectivity index (χ2n) is 26.9. The molecular weight excluding hydrogens is 1380 g/mol. The second kappa shape index (κ2) is 44.6. The molecule has 0 aromatic heterocycles. The van der Waals surface area contributed by atoms with Gasteiger partial charge in [0.2, 0.25) is 35.4 Å². The van der Waals surface area contributed by atoms with Crippen LogP contribution in [0.2, 0.25) is 0 Å². The van der Waals surface area contributed by atoms with Crippen LogP contribution in [0.25, 0.3) is 21.5 Å². The predicted molar refractivity (Wildman–Crippen MR) is 385 cm³/mol. The molecule has 32 nitrogen and oxygen atoms in total. The Kier molecular flexibility index (Phi) is 35.7. The molecule has 1 heterocycles. The number of amides is 8. The predicted octanol–water partition coefficient (Wildman–Crippen LogP) is 2.03. The summed E-state index contributed by atoms with van der Waals surface area (Å²) in [6.07, 6.45) is 0.854. The number of aliphatic carboxylic acids is 6. The number of halogens is 1. The standard InChI is InChI=1S/C73H101FN12O20/c1-106-53-25-21-47(22-26-53)11-10-18-61(87)78-42-63(89)79-52(14-6-8-27-75-64(90)43-83-29-31-84(44-65(91)92)33-35-86(46-67(95)96)36-34-85(32-30-83)45-66(93)94)38-62(88)77-41-48-19-23-49(24-20-48)68(97)80-59(39-56-54-15-4-2-12-50(54)37-51-13-3-5-16-55(51)56)69(98)76-28-9-7-17-58(71(101)102)81-73(105)82-60(72(103)104)40-57(74)70(99)100/h2-5,12-13,15-16,21-22,25-26,37,48-49,52,57-60H,6-11,14,17-20,23-24,27-36,38-46H2,1H3,(H,75,90)(H,76,98)(H,77,88)(H,78,87)(H,79,89)(H,80,97)(H,91,92)(H,93,94)(H,95,96)(H,99,100)(H,101,102)(H,103,104)(H2,81,82,105)/t48?,49?,52-,57+,58-,59-,60-/m0/s1. The van der Waals surface area contributed by atoms with E-state index in [9.17, 15) is 92.3 Å². The van der Waals surface area contributed by atoms with Crippen molar-refractivity contribution in [2.75, 3.05) is 112 Å². The summed E-state index contributed by atoms with van der Waals surface area (Å²) in [5.41, 5.74) is 1.83.